The summed E-state index contributed by atoms with van der Waals surface area (Å²) >= 11 is 1.89. The van der Waals surface area contributed by atoms with Crippen LogP contribution in [0.3, 0.4) is 0 Å². The molecule has 0 fully saturated rings. The van der Waals surface area contributed by atoms with E-state index in [1.165, 1.54) is 118 Å². The molecule has 0 aliphatic carbocycles. The maximum absolute atomic E-state index is 2.33. The van der Waals surface area contributed by atoms with E-state index in [1.807, 2.05) is 11.3 Å². The minimum atomic E-state index is 1.19. The van der Waals surface area contributed by atoms with Gasteiger partial charge in [-0.2, -0.15) is 0 Å². The van der Waals surface area contributed by atoms with Crippen molar-refractivity contribution in [2.24, 2.45) is 0 Å². The third-order valence-electron chi connectivity index (χ3n) is 8.06. The summed E-state index contributed by atoms with van der Waals surface area (Å²) < 4.78 is 2.69. The molecule has 0 saturated carbocycles. The van der Waals surface area contributed by atoms with Crippen LogP contribution in [0.1, 0.15) is 98.6 Å². The lowest BCUT2D eigenvalue weighted by Crippen LogP contribution is -1.85. The summed E-state index contributed by atoms with van der Waals surface area (Å²) in [5.74, 6) is 0. The number of hydrogen-bond donors (Lipinski definition) is 0. The molecule has 0 spiro atoms. The lowest BCUT2D eigenvalue weighted by Gasteiger charge is -2.02. The average molecular weight is 557 g/mol. The monoisotopic (exact) mass is 556 g/mol. The fraction of sp³-hybridized carbons (Fsp3) is 0.300. The molecule has 41 heavy (non-hydrogen) atoms. The summed E-state index contributed by atoms with van der Waals surface area (Å²) in [6.45, 7) is 4.54. The molecule has 1 heteroatoms. The fourth-order valence-electron chi connectivity index (χ4n) is 5.51. The van der Waals surface area contributed by atoms with E-state index in [-0.39, 0.29) is 0 Å². The second-order valence-corrected chi connectivity index (χ2v) is 12.5. The number of fused-ring (bicyclic) bond motifs is 3. The van der Waals surface area contributed by atoms with Gasteiger partial charge in [-0.05, 0) is 71.2 Å². The van der Waals surface area contributed by atoms with Gasteiger partial charge in [-0.1, -0.05) is 149 Å². The molecule has 0 aliphatic heterocycles. The second kappa shape index (κ2) is 15.0. The molecule has 1 heterocycles. The summed E-state index contributed by atoms with van der Waals surface area (Å²) in [6.07, 6.45) is 21.9. The van der Waals surface area contributed by atoms with E-state index in [0.717, 1.165) is 0 Å². The molecule has 0 bridgehead atoms. The van der Waals surface area contributed by atoms with Gasteiger partial charge in [0.25, 0.3) is 0 Å². The first kappa shape index (κ1) is 29.1. The first-order valence-corrected chi connectivity index (χ1v) is 16.5. The van der Waals surface area contributed by atoms with E-state index < -0.39 is 0 Å². The Kier molecular flexibility index (Phi) is 10.6. The molecule has 0 aliphatic rings. The van der Waals surface area contributed by atoms with Crippen LogP contribution in [-0.2, 0) is 12.8 Å². The Morgan fingerprint density at radius 1 is 0.439 bits per heavy atom. The number of benzene rings is 4. The van der Waals surface area contributed by atoms with Gasteiger partial charge in [0.15, 0.2) is 0 Å². The van der Waals surface area contributed by atoms with Crippen molar-refractivity contribution in [3.05, 3.63) is 118 Å². The summed E-state index contributed by atoms with van der Waals surface area (Å²) in [6, 6.07) is 31.9. The molecule has 4 aromatic carbocycles. The van der Waals surface area contributed by atoms with Gasteiger partial charge in [0.1, 0.15) is 0 Å². The normalized spacial score (nSPS) is 12.0. The Morgan fingerprint density at radius 3 is 1.24 bits per heavy atom. The molecule has 210 valence electrons. The number of hydrogen-bond acceptors (Lipinski definition) is 1. The maximum Gasteiger partial charge on any atom is 0.0361 e. The molecule has 5 rings (SSSR count). The molecular formula is C40H44S. The number of thiophene rings is 1. The van der Waals surface area contributed by atoms with Crippen LogP contribution in [0.4, 0.5) is 0 Å². The van der Waals surface area contributed by atoms with Crippen molar-refractivity contribution < 1.29 is 0 Å². The van der Waals surface area contributed by atoms with Gasteiger partial charge in [0.2, 0.25) is 0 Å². The Bertz CT molecular complexity index is 1460. The molecule has 0 amide bonds. The highest BCUT2D eigenvalue weighted by Gasteiger charge is 2.06. The lowest BCUT2D eigenvalue weighted by molar-refractivity contribution is 0.667. The van der Waals surface area contributed by atoms with Crippen molar-refractivity contribution in [2.75, 3.05) is 0 Å². The first-order chi connectivity index (χ1) is 20.2. The zero-order valence-electron chi connectivity index (χ0n) is 24.9. The largest absolute Gasteiger partial charge is 0.135 e. The summed E-state index contributed by atoms with van der Waals surface area (Å²) in [4.78, 5) is 0. The molecule has 0 atom stereocenters. The number of rotatable bonds is 14. The van der Waals surface area contributed by atoms with Crippen molar-refractivity contribution in [1.29, 1.82) is 0 Å². The predicted molar refractivity (Wildman–Crippen MR) is 186 cm³/mol. The van der Waals surface area contributed by atoms with Gasteiger partial charge in [0, 0.05) is 20.2 Å². The van der Waals surface area contributed by atoms with Crippen LogP contribution in [0, 0.1) is 0 Å². The highest BCUT2D eigenvalue weighted by atomic mass is 32.1. The van der Waals surface area contributed by atoms with Gasteiger partial charge in [-0.3, -0.25) is 0 Å². The maximum atomic E-state index is 2.33. The predicted octanol–water partition coefficient (Wildman–Crippen LogP) is 12.6. The first-order valence-electron chi connectivity index (χ1n) is 15.7. The molecule has 5 aromatic rings. The van der Waals surface area contributed by atoms with Gasteiger partial charge >= 0.3 is 0 Å². The van der Waals surface area contributed by atoms with E-state index in [0.29, 0.717) is 0 Å². The average Bonchev–Trinajstić information content (AvgIpc) is 3.37. The molecule has 0 saturated heterocycles. The van der Waals surface area contributed by atoms with Gasteiger partial charge < -0.3 is 0 Å². The topological polar surface area (TPSA) is 0 Å². The molecule has 0 nitrogen and oxygen atoms in total. The Morgan fingerprint density at radius 2 is 0.829 bits per heavy atom. The standard InChI is InChI=1S/C40H44S/c1-3-5-7-9-11-31-13-17-33(18-14-31)21-23-35-25-27-37-38-28-26-36(30-40(38)41-39(37)29-35)24-22-34-19-15-32(16-20-34)12-10-8-6-4-2/h13-30H,3-12H2,1-2H3/b23-21+,24-22+. The van der Waals surface area contributed by atoms with Crippen LogP contribution in [0.2, 0.25) is 0 Å². The highest BCUT2D eigenvalue weighted by molar-refractivity contribution is 7.25. The van der Waals surface area contributed by atoms with E-state index in [1.54, 1.807) is 0 Å². The van der Waals surface area contributed by atoms with Crippen LogP contribution in [-0.4, -0.2) is 0 Å². The summed E-state index contributed by atoms with van der Waals surface area (Å²) in [5.41, 5.74) is 7.92. The van der Waals surface area contributed by atoms with Crippen molar-refractivity contribution in [3.8, 4) is 0 Å². The van der Waals surface area contributed by atoms with Gasteiger partial charge in [-0.15, -0.1) is 11.3 Å². The van der Waals surface area contributed by atoms with Crippen molar-refractivity contribution in [2.45, 2.75) is 78.1 Å². The Balaban J connectivity index is 1.22. The molecule has 0 radical (unpaired) electrons. The van der Waals surface area contributed by atoms with Crippen LogP contribution in [0.25, 0.3) is 44.5 Å². The van der Waals surface area contributed by atoms with E-state index in [9.17, 15) is 0 Å². The van der Waals surface area contributed by atoms with Crippen molar-refractivity contribution >= 4 is 55.8 Å². The minimum absolute atomic E-state index is 1.19. The van der Waals surface area contributed by atoms with Crippen molar-refractivity contribution in [3.63, 3.8) is 0 Å². The zero-order valence-corrected chi connectivity index (χ0v) is 25.7. The smallest absolute Gasteiger partial charge is 0.0361 e. The van der Waals surface area contributed by atoms with Gasteiger partial charge in [-0.25, -0.2) is 0 Å². The second-order valence-electron chi connectivity index (χ2n) is 11.4. The zero-order chi connectivity index (χ0) is 28.3. The minimum Gasteiger partial charge on any atom is -0.135 e. The molecular weight excluding hydrogens is 513 g/mol. The van der Waals surface area contributed by atoms with Crippen LogP contribution in [0.5, 0.6) is 0 Å². The lowest BCUT2D eigenvalue weighted by atomic mass is 10.0. The summed E-state index contributed by atoms with van der Waals surface area (Å²) in [5, 5.41) is 2.69. The number of aryl methyl sites for hydroxylation is 2. The van der Waals surface area contributed by atoms with Gasteiger partial charge in [0.05, 0.1) is 0 Å². The molecule has 1 aromatic heterocycles. The van der Waals surface area contributed by atoms with Crippen LogP contribution >= 0.6 is 11.3 Å². The van der Waals surface area contributed by atoms with Crippen LogP contribution in [0.15, 0.2) is 84.9 Å². The highest BCUT2D eigenvalue weighted by Crippen LogP contribution is 2.35. The third kappa shape index (κ3) is 8.30. The van der Waals surface area contributed by atoms with Crippen molar-refractivity contribution in [1.82, 2.24) is 0 Å². The number of unbranched alkanes of at least 4 members (excludes halogenated alkanes) is 6. The third-order valence-corrected chi connectivity index (χ3v) is 9.17. The van der Waals surface area contributed by atoms with E-state index in [2.05, 4.69) is 123 Å². The summed E-state index contributed by atoms with van der Waals surface area (Å²) in [7, 11) is 0. The van der Waals surface area contributed by atoms with E-state index in [4.69, 9.17) is 0 Å². The Labute approximate surface area is 251 Å². The fourth-order valence-corrected chi connectivity index (χ4v) is 6.71. The van der Waals surface area contributed by atoms with E-state index >= 15 is 0 Å². The van der Waals surface area contributed by atoms with Crippen LogP contribution < -0.4 is 0 Å². The SMILES string of the molecule is CCCCCCc1ccc(/C=C/c2ccc3c(c2)sc2cc(/C=C/c4ccc(CCCCCC)cc4)ccc23)cc1. The molecule has 0 unspecified atom stereocenters. The Hall–Kier alpha value is -3.42. The quantitative estimate of drug-likeness (QED) is 0.0942. The molecule has 0 N–H and O–H groups in total.